The van der Waals surface area contributed by atoms with Crippen molar-refractivity contribution in [1.82, 2.24) is 4.90 Å². The molecule has 0 aliphatic carbocycles. The minimum absolute atomic E-state index is 0.245. The molecule has 150 valence electrons. The fraction of sp³-hybridized carbons (Fsp3) is 0.120. The fourth-order valence-electron chi connectivity index (χ4n) is 3.26. The van der Waals surface area contributed by atoms with Crippen LogP contribution in [0.5, 0.6) is 0 Å². The summed E-state index contributed by atoms with van der Waals surface area (Å²) in [5.74, 6) is -0.579. The smallest absolute Gasteiger partial charge is 0.278 e. The molecule has 2 amide bonds. The maximum absolute atomic E-state index is 13.2. The van der Waals surface area contributed by atoms with Gasteiger partial charge in [-0.2, -0.15) is 0 Å². The monoisotopic (exact) mass is 414 g/mol. The summed E-state index contributed by atoms with van der Waals surface area (Å²) in [5, 5.41) is 3.21. The Morgan fingerprint density at radius 3 is 2.23 bits per heavy atom. The summed E-state index contributed by atoms with van der Waals surface area (Å²) < 4.78 is 0. The molecular weight excluding hydrogens is 392 g/mol. The predicted molar refractivity (Wildman–Crippen MR) is 121 cm³/mol. The number of amides is 2. The maximum Gasteiger partial charge on any atom is 0.278 e. The molecule has 0 radical (unpaired) electrons. The van der Waals surface area contributed by atoms with Crippen molar-refractivity contribution in [3.63, 3.8) is 0 Å². The number of thioether (sulfide) groups is 1. The molecule has 0 aromatic heterocycles. The Bertz CT molecular complexity index is 1120. The summed E-state index contributed by atoms with van der Waals surface area (Å²) in [6.07, 6.45) is 0. The molecule has 0 saturated carbocycles. The minimum Gasteiger partial charge on any atom is -0.350 e. The number of hydrogen-bond donors (Lipinski definition) is 1. The van der Waals surface area contributed by atoms with Crippen LogP contribution in [0.25, 0.3) is 0 Å². The number of benzene rings is 3. The van der Waals surface area contributed by atoms with Gasteiger partial charge >= 0.3 is 0 Å². The zero-order valence-corrected chi connectivity index (χ0v) is 17.7. The first-order valence-electron chi connectivity index (χ1n) is 9.74. The molecule has 1 aliphatic heterocycles. The third-order valence-corrected chi connectivity index (χ3v) is 5.93. The van der Waals surface area contributed by atoms with E-state index in [0.29, 0.717) is 10.6 Å². The molecule has 0 atom stereocenters. The van der Waals surface area contributed by atoms with Crippen molar-refractivity contribution >= 4 is 29.3 Å². The van der Waals surface area contributed by atoms with E-state index in [4.69, 9.17) is 0 Å². The Kier molecular flexibility index (Phi) is 5.72. The average Bonchev–Trinajstić information content (AvgIpc) is 2.95. The first-order chi connectivity index (χ1) is 14.5. The van der Waals surface area contributed by atoms with Crippen LogP contribution in [0.15, 0.2) is 94.4 Å². The van der Waals surface area contributed by atoms with Crippen LogP contribution < -0.4 is 5.32 Å². The van der Waals surface area contributed by atoms with Gasteiger partial charge in [0, 0.05) is 10.6 Å². The summed E-state index contributed by atoms with van der Waals surface area (Å²) in [6, 6.07) is 25.3. The summed E-state index contributed by atoms with van der Waals surface area (Å²) in [7, 11) is 0. The van der Waals surface area contributed by atoms with Crippen LogP contribution in [0.4, 0.5) is 5.69 Å². The van der Waals surface area contributed by atoms with Crippen molar-refractivity contribution < 1.29 is 9.59 Å². The SMILES string of the molecule is Cc1ccc(SC2=C(Nc3cccc(C)c3)C(=O)N(Cc3ccccc3)C2=O)cc1. The molecule has 4 nitrogen and oxygen atoms in total. The Labute approximate surface area is 180 Å². The zero-order valence-electron chi connectivity index (χ0n) is 16.9. The van der Waals surface area contributed by atoms with Gasteiger partial charge in [0.25, 0.3) is 11.8 Å². The molecule has 0 bridgehead atoms. The highest BCUT2D eigenvalue weighted by Crippen LogP contribution is 2.36. The third-order valence-electron chi connectivity index (χ3n) is 4.84. The van der Waals surface area contributed by atoms with Gasteiger partial charge in [-0.25, -0.2) is 0 Å². The van der Waals surface area contributed by atoms with E-state index in [1.807, 2.05) is 92.7 Å². The Morgan fingerprint density at radius 2 is 1.53 bits per heavy atom. The Hall–Kier alpha value is -3.31. The normalized spacial score (nSPS) is 13.9. The lowest BCUT2D eigenvalue weighted by Gasteiger charge is -2.15. The van der Waals surface area contributed by atoms with Gasteiger partial charge in [0.05, 0.1) is 6.54 Å². The molecule has 1 N–H and O–H groups in total. The highest BCUT2D eigenvalue weighted by molar-refractivity contribution is 8.04. The third kappa shape index (κ3) is 4.31. The number of rotatable bonds is 6. The number of anilines is 1. The van der Waals surface area contributed by atoms with Gasteiger partial charge in [-0.05, 0) is 49.2 Å². The van der Waals surface area contributed by atoms with Crippen molar-refractivity contribution in [1.29, 1.82) is 0 Å². The van der Waals surface area contributed by atoms with E-state index in [0.717, 1.165) is 27.3 Å². The van der Waals surface area contributed by atoms with Crippen LogP contribution in [0.1, 0.15) is 16.7 Å². The Morgan fingerprint density at radius 1 is 0.800 bits per heavy atom. The van der Waals surface area contributed by atoms with Gasteiger partial charge in [0.2, 0.25) is 0 Å². The van der Waals surface area contributed by atoms with Crippen molar-refractivity contribution in [2.45, 2.75) is 25.3 Å². The molecule has 3 aromatic rings. The van der Waals surface area contributed by atoms with E-state index in [1.165, 1.54) is 16.7 Å². The standard InChI is InChI=1S/C25H22N2O2S/c1-17-11-13-21(14-12-17)30-23-22(26-20-10-6-7-18(2)15-20)24(28)27(25(23)29)16-19-8-4-3-5-9-19/h3-15,26H,16H2,1-2H3. The average molecular weight is 415 g/mol. The van der Waals surface area contributed by atoms with E-state index in [-0.39, 0.29) is 18.4 Å². The molecule has 0 unspecified atom stereocenters. The summed E-state index contributed by atoms with van der Waals surface area (Å²) in [5.41, 5.74) is 4.25. The van der Waals surface area contributed by atoms with Gasteiger partial charge < -0.3 is 5.32 Å². The first-order valence-corrected chi connectivity index (χ1v) is 10.6. The van der Waals surface area contributed by atoms with Gasteiger partial charge in [0.1, 0.15) is 10.6 Å². The summed E-state index contributed by atoms with van der Waals surface area (Å²) in [4.78, 5) is 29.1. The molecule has 4 rings (SSSR count). The second-order valence-electron chi connectivity index (χ2n) is 7.30. The molecule has 0 spiro atoms. The summed E-state index contributed by atoms with van der Waals surface area (Å²) in [6.45, 7) is 4.25. The van der Waals surface area contributed by atoms with Crippen molar-refractivity contribution in [2.75, 3.05) is 5.32 Å². The second kappa shape index (κ2) is 8.59. The van der Waals surface area contributed by atoms with Gasteiger partial charge in [-0.15, -0.1) is 0 Å². The molecule has 3 aromatic carbocycles. The van der Waals surface area contributed by atoms with Crippen molar-refractivity contribution in [2.24, 2.45) is 0 Å². The highest BCUT2D eigenvalue weighted by Gasteiger charge is 2.39. The topological polar surface area (TPSA) is 49.4 Å². The van der Waals surface area contributed by atoms with Crippen LogP contribution in [-0.4, -0.2) is 16.7 Å². The number of imide groups is 1. The highest BCUT2D eigenvalue weighted by atomic mass is 32.2. The quantitative estimate of drug-likeness (QED) is 0.557. The lowest BCUT2D eigenvalue weighted by molar-refractivity contribution is -0.137. The van der Waals surface area contributed by atoms with E-state index < -0.39 is 0 Å². The lowest BCUT2D eigenvalue weighted by atomic mass is 10.2. The number of carbonyl (C=O) groups excluding carboxylic acids is 2. The number of hydrogen-bond acceptors (Lipinski definition) is 4. The zero-order chi connectivity index (χ0) is 21.1. The number of nitrogens with one attached hydrogen (secondary N) is 1. The minimum atomic E-state index is -0.306. The molecule has 30 heavy (non-hydrogen) atoms. The second-order valence-corrected chi connectivity index (χ2v) is 8.38. The van der Waals surface area contributed by atoms with E-state index >= 15 is 0 Å². The van der Waals surface area contributed by atoms with E-state index in [9.17, 15) is 9.59 Å². The molecule has 5 heteroatoms. The molecule has 0 saturated heterocycles. The Balaban J connectivity index is 1.68. The van der Waals surface area contributed by atoms with Gasteiger partial charge in [-0.1, -0.05) is 71.9 Å². The number of aryl methyl sites for hydroxylation is 2. The number of nitrogens with zero attached hydrogens (tertiary/aromatic N) is 1. The largest absolute Gasteiger partial charge is 0.350 e. The predicted octanol–water partition coefficient (Wildman–Crippen LogP) is 5.29. The summed E-state index contributed by atoms with van der Waals surface area (Å²) >= 11 is 1.32. The van der Waals surface area contributed by atoms with Crippen molar-refractivity contribution in [3.05, 3.63) is 106 Å². The maximum atomic E-state index is 13.2. The molecule has 0 fully saturated rings. The number of carbonyl (C=O) groups is 2. The fourth-order valence-corrected chi connectivity index (χ4v) is 4.21. The molecular formula is C25H22N2O2S. The van der Waals surface area contributed by atoms with Crippen molar-refractivity contribution in [3.8, 4) is 0 Å². The van der Waals surface area contributed by atoms with Crippen LogP contribution >= 0.6 is 11.8 Å². The van der Waals surface area contributed by atoms with Crippen LogP contribution in [0.2, 0.25) is 0 Å². The first kappa shape index (κ1) is 20.0. The van der Waals surface area contributed by atoms with Gasteiger partial charge in [-0.3, -0.25) is 14.5 Å². The van der Waals surface area contributed by atoms with Crippen LogP contribution in [0, 0.1) is 13.8 Å². The van der Waals surface area contributed by atoms with E-state index in [2.05, 4.69) is 5.32 Å². The molecule has 1 heterocycles. The van der Waals surface area contributed by atoms with Gasteiger partial charge in [0.15, 0.2) is 0 Å². The van der Waals surface area contributed by atoms with E-state index in [1.54, 1.807) is 0 Å². The van der Waals surface area contributed by atoms with Crippen LogP contribution in [-0.2, 0) is 16.1 Å². The lowest BCUT2D eigenvalue weighted by Crippen LogP contribution is -2.31. The molecule has 1 aliphatic rings. The van der Waals surface area contributed by atoms with Crippen LogP contribution in [0.3, 0.4) is 0 Å².